The van der Waals surface area contributed by atoms with E-state index < -0.39 is 12.8 Å². The van der Waals surface area contributed by atoms with Gasteiger partial charge in [0.15, 0.2) is 5.82 Å². The van der Waals surface area contributed by atoms with Crippen LogP contribution in [0.4, 0.5) is 13.2 Å². The fourth-order valence-corrected chi connectivity index (χ4v) is 1.46. The Morgan fingerprint density at radius 3 is 2.59 bits per heavy atom. The highest BCUT2D eigenvalue weighted by atomic mass is 35.5. The van der Waals surface area contributed by atoms with E-state index in [-0.39, 0.29) is 17.8 Å². The monoisotopic (exact) mass is 268 g/mol. The minimum Gasteiger partial charge on any atom is -0.364 e. The van der Waals surface area contributed by atoms with Crippen LogP contribution in [0.3, 0.4) is 0 Å². The smallest absolute Gasteiger partial charge is 0.364 e. The fraction of sp³-hybridized carbons (Fsp3) is 0.600. The molecule has 1 aromatic rings. The van der Waals surface area contributed by atoms with Crippen molar-refractivity contribution < 1.29 is 17.9 Å². The van der Waals surface area contributed by atoms with Crippen molar-refractivity contribution in [1.82, 2.24) is 9.97 Å². The molecule has 3 nitrogen and oxygen atoms in total. The molecule has 1 unspecified atom stereocenters. The molecule has 1 rings (SSSR count). The summed E-state index contributed by atoms with van der Waals surface area (Å²) in [5.74, 6) is 0.216. The van der Waals surface area contributed by atoms with Crippen molar-refractivity contribution in [1.29, 1.82) is 0 Å². The molecule has 1 atom stereocenters. The summed E-state index contributed by atoms with van der Waals surface area (Å²) in [4.78, 5) is 7.92. The molecule has 0 aliphatic carbocycles. The second kappa shape index (κ2) is 5.64. The topological polar surface area (TPSA) is 35.0 Å². The second-order valence-corrected chi connectivity index (χ2v) is 4.21. The van der Waals surface area contributed by atoms with E-state index in [4.69, 9.17) is 11.6 Å². The molecule has 0 saturated carbocycles. The lowest BCUT2D eigenvalue weighted by atomic mass is 10.2. The van der Waals surface area contributed by atoms with Gasteiger partial charge in [-0.05, 0) is 13.8 Å². The van der Waals surface area contributed by atoms with Crippen LogP contribution in [0.1, 0.15) is 29.4 Å². The second-order valence-electron chi connectivity index (χ2n) is 3.55. The summed E-state index contributed by atoms with van der Waals surface area (Å²) in [5.41, 5.74) is 1.40. The fourth-order valence-electron chi connectivity index (χ4n) is 1.24. The molecule has 1 heterocycles. The van der Waals surface area contributed by atoms with E-state index in [1.165, 1.54) is 6.20 Å². The summed E-state index contributed by atoms with van der Waals surface area (Å²) in [5, 5.41) is -0.236. The number of aryl methyl sites for hydroxylation is 1. The summed E-state index contributed by atoms with van der Waals surface area (Å²) < 4.78 is 39.9. The maximum absolute atomic E-state index is 11.8. The van der Waals surface area contributed by atoms with Crippen molar-refractivity contribution in [2.75, 3.05) is 6.61 Å². The van der Waals surface area contributed by atoms with Crippen molar-refractivity contribution in [3.8, 4) is 0 Å². The van der Waals surface area contributed by atoms with Crippen LogP contribution in [0.15, 0.2) is 6.20 Å². The lowest BCUT2D eigenvalue weighted by Crippen LogP contribution is -2.17. The summed E-state index contributed by atoms with van der Waals surface area (Å²) in [6, 6.07) is 0. The molecule has 0 radical (unpaired) electrons. The van der Waals surface area contributed by atoms with E-state index in [2.05, 4.69) is 14.7 Å². The average Bonchev–Trinajstić information content (AvgIpc) is 2.15. The van der Waals surface area contributed by atoms with Gasteiger partial charge in [-0.1, -0.05) is 0 Å². The maximum Gasteiger partial charge on any atom is 0.411 e. The van der Waals surface area contributed by atoms with Gasteiger partial charge < -0.3 is 4.74 Å². The van der Waals surface area contributed by atoms with Crippen molar-refractivity contribution in [3.05, 3.63) is 23.3 Å². The minimum absolute atomic E-state index is 0.216. The zero-order valence-corrected chi connectivity index (χ0v) is 10.1. The molecule has 0 aliphatic heterocycles. The Kier molecular flexibility index (Phi) is 4.70. The normalized spacial score (nSPS) is 13.8. The molecule has 1 aromatic heterocycles. The van der Waals surface area contributed by atoms with Crippen molar-refractivity contribution in [2.24, 2.45) is 0 Å². The Hall–Kier alpha value is -0.880. The predicted octanol–water partition coefficient (Wildman–Crippen LogP) is 3.16. The van der Waals surface area contributed by atoms with Crippen molar-refractivity contribution in [3.63, 3.8) is 0 Å². The first-order valence-corrected chi connectivity index (χ1v) is 5.34. The lowest BCUT2D eigenvalue weighted by Gasteiger charge is -2.09. The van der Waals surface area contributed by atoms with Gasteiger partial charge in [-0.3, -0.25) is 0 Å². The summed E-state index contributed by atoms with van der Waals surface area (Å²) in [7, 11) is 0. The van der Waals surface area contributed by atoms with Gasteiger partial charge in [-0.2, -0.15) is 13.2 Å². The van der Waals surface area contributed by atoms with E-state index in [0.717, 1.165) is 5.56 Å². The highest BCUT2D eigenvalue weighted by molar-refractivity contribution is 6.20. The summed E-state index contributed by atoms with van der Waals surface area (Å²) in [6.07, 6.45) is -2.83. The highest BCUT2D eigenvalue weighted by Gasteiger charge is 2.27. The Labute approximate surface area is 102 Å². The van der Waals surface area contributed by atoms with Gasteiger partial charge >= 0.3 is 6.18 Å². The Morgan fingerprint density at radius 1 is 1.47 bits per heavy atom. The Bertz CT molecular complexity index is 382. The van der Waals surface area contributed by atoms with E-state index in [1.54, 1.807) is 13.8 Å². The van der Waals surface area contributed by atoms with Gasteiger partial charge in [-0.15, -0.1) is 11.6 Å². The number of ether oxygens (including phenoxy) is 1. The SMILES string of the molecule is Cc1nc(COCC(F)(F)F)ncc1C(C)Cl. The molecule has 0 N–H and O–H groups in total. The quantitative estimate of drug-likeness (QED) is 0.787. The van der Waals surface area contributed by atoms with Gasteiger partial charge in [0, 0.05) is 17.5 Å². The number of nitrogens with zero attached hydrogens (tertiary/aromatic N) is 2. The minimum atomic E-state index is -4.33. The van der Waals surface area contributed by atoms with Crippen LogP contribution in [0.25, 0.3) is 0 Å². The zero-order chi connectivity index (χ0) is 13.1. The number of aromatic nitrogens is 2. The third-order valence-corrected chi connectivity index (χ3v) is 2.23. The predicted molar refractivity (Wildman–Crippen MR) is 56.7 cm³/mol. The van der Waals surface area contributed by atoms with Gasteiger partial charge in [0.2, 0.25) is 0 Å². The van der Waals surface area contributed by atoms with Crippen LogP contribution in [0.5, 0.6) is 0 Å². The van der Waals surface area contributed by atoms with E-state index in [9.17, 15) is 13.2 Å². The summed E-state index contributed by atoms with van der Waals surface area (Å²) >= 11 is 5.86. The molecule has 0 spiro atoms. The third-order valence-electron chi connectivity index (χ3n) is 1.99. The lowest BCUT2D eigenvalue weighted by molar-refractivity contribution is -0.177. The number of hydrogen-bond acceptors (Lipinski definition) is 3. The van der Waals surface area contributed by atoms with Crippen LogP contribution in [-0.4, -0.2) is 22.8 Å². The molecule has 96 valence electrons. The van der Waals surface area contributed by atoms with Crippen LogP contribution in [0, 0.1) is 6.92 Å². The zero-order valence-electron chi connectivity index (χ0n) is 9.38. The Morgan fingerprint density at radius 2 is 2.12 bits per heavy atom. The van der Waals surface area contributed by atoms with Crippen LogP contribution in [0.2, 0.25) is 0 Å². The van der Waals surface area contributed by atoms with Gasteiger partial charge in [-0.25, -0.2) is 9.97 Å². The van der Waals surface area contributed by atoms with Crippen molar-refractivity contribution in [2.45, 2.75) is 32.0 Å². The standard InChI is InChI=1S/C10H12ClF3N2O/c1-6(11)8-3-15-9(16-7(8)2)4-17-5-10(12,13)14/h3,6H,4-5H2,1-2H3. The van der Waals surface area contributed by atoms with Gasteiger partial charge in [0.25, 0.3) is 0 Å². The molecule has 0 saturated heterocycles. The van der Waals surface area contributed by atoms with Crippen LogP contribution in [-0.2, 0) is 11.3 Å². The van der Waals surface area contributed by atoms with E-state index in [1.807, 2.05) is 0 Å². The molecule has 7 heteroatoms. The number of halogens is 4. The number of alkyl halides is 4. The highest BCUT2D eigenvalue weighted by Crippen LogP contribution is 2.21. The molecule has 0 aliphatic rings. The molecular formula is C10H12ClF3N2O. The van der Waals surface area contributed by atoms with E-state index in [0.29, 0.717) is 5.69 Å². The third kappa shape index (κ3) is 4.87. The van der Waals surface area contributed by atoms with Gasteiger partial charge in [0.1, 0.15) is 13.2 Å². The van der Waals surface area contributed by atoms with Crippen molar-refractivity contribution >= 4 is 11.6 Å². The van der Waals surface area contributed by atoms with Crippen LogP contribution < -0.4 is 0 Å². The molecule has 0 bridgehead atoms. The summed E-state index contributed by atoms with van der Waals surface area (Å²) in [6.45, 7) is 1.93. The largest absolute Gasteiger partial charge is 0.411 e. The Balaban J connectivity index is 2.59. The van der Waals surface area contributed by atoms with Crippen LogP contribution >= 0.6 is 11.6 Å². The number of rotatable bonds is 4. The molecule has 0 fully saturated rings. The molecular weight excluding hydrogens is 257 g/mol. The first-order chi connectivity index (χ1) is 7.79. The first-order valence-electron chi connectivity index (χ1n) is 4.90. The number of hydrogen-bond donors (Lipinski definition) is 0. The van der Waals surface area contributed by atoms with Gasteiger partial charge in [0.05, 0.1) is 5.38 Å². The molecule has 0 aromatic carbocycles. The van der Waals surface area contributed by atoms with E-state index >= 15 is 0 Å². The molecule has 17 heavy (non-hydrogen) atoms. The molecule has 0 amide bonds. The maximum atomic E-state index is 11.8. The average molecular weight is 269 g/mol. The first kappa shape index (κ1) is 14.2.